The Morgan fingerprint density at radius 1 is 1.29 bits per heavy atom. The number of H-pyrrole nitrogens is 1. The maximum Gasteiger partial charge on any atom is 0.0951 e. The summed E-state index contributed by atoms with van der Waals surface area (Å²) in [6, 6.07) is 9.03. The van der Waals surface area contributed by atoms with Crippen molar-refractivity contribution in [3.63, 3.8) is 0 Å². The van der Waals surface area contributed by atoms with Crippen LogP contribution < -0.4 is 5.32 Å². The Balaban J connectivity index is 1.41. The molecule has 1 aromatic heterocycles. The number of nitrogens with zero attached hydrogens (tertiary/aromatic N) is 1. The average Bonchev–Trinajstić information content (AvgIpc) is 3.24. The molecule has 0 unspecified atom stereocenters. The molecule has 2 atom stereocenters. The first kappa shape index (κ1) is 15.8. The second-order valence-corrected chi connectivity index (χ2v) is 7.04. The number of nitrogens with one attached hydrogen (secondary N) is 2. The van der Waals surface area contributed by atoms with Crippen molar-refractivity contribution in [1.29, 1.82) is 0 Å². The molecule has 2 aliphatic heterocycles. The molecular weight excluding hydrogens is 302 g/mol. The topological polar surface area (TPSA) is 59.2 Å². The largest absolute Gasteiger partial charge is 0.378 e. The van der Waals surface area contributed by atoms with E-state index in [-0.39, 0.29) is 5.60 Å². The normalized spacial score (nSPS) is 27.0. The van der Waals surface area contributed by atoms with Gasteiger partial charge in [-0.15, -0.1) is 0 Å². The molecule has 2 fully saturated rings. The van der Waals surface area contributed by atoms with Gasteiger partial charge in [0.15, 0.2) is 0 Å². The molecule has 128 valence electrons. The van der Waals surface area contributed by atoms with Gasteiger partial charge in [0.2, 0.25) is 0 Å². The Kier molecular flexibility index (Phi) is 4.39. The lowest BCUT2D eigenvalue weighted by molar-refractivity contribution is -0.0894. The smallest absolute Gasteiger partial charge is 0.0951 e. The molecule has 4 rings (SSSR count). The Morgan fingerprint density at radius 3 is 2.96 bits per heavy atom. The molecule has 3 heterocycles. The van der Waals surface area contributed by atoms with E-state index in [2.05, 4.69) is 46.7 Å². The summed E-state index contributed by atoms with van der Waals surface area (Å²) in [7, 11) is 0. The van der Waals surface area contributed by atoms with Gasteiger partial charge in [0.25, 0.3) is 0 Å². The van der Waals surface area contributed by atoms with E-state index in [0.29, 0.717) is 6.04 Å². The number of rotatable bonds is 4. The first-order chi connectivity index (χ1) is 11.7. The zero-order valence-electron chi connectivity index (χ0n) is 14.2. The lowest BCUT2D eigenvalue weighted by atomic mass is 9.89. The number of ether oxygens (including phenoxy) is 2. The number of aromatic nitrogens is 2. The summed E-state index contributed by atoms with van der Waals surface area (Å²) in [5.41, 5.74) is 4.72. The lowest BCUT2D eigenvalue weighted by Gasteiger charge is -2.37. The summed E-state index contributed by atoms with van der Waals surface area (Å²) in [4.78, 5) is 0. The van der Waals surface area contributed by atoms with Crippen molar-refractivity contribution < 1.29 is 9.47 Å². The van der Waals surface area contributed by atoms with E-state index in [1.165, 1.54) is 16.7 Å². The molecule has 0 saturated carbocycles. The third kappa shape index (κ3) is 3.24. The average molecular weight is 327 g/mol. The van der Waals surface area contributed by atoms with Gasteiger partial charge in [-0.25, -0.2) is 0 Å². The van der Waals surface area contributed by atoms with E-state index in [0.717, 1.165) is 51.3 Å². The molecule has 2 aromatic rings. The Morgan fingerprint density at radius 2 is 2.17 bits per heavy atom. The second kappa shape index (κ2) is 6.67. The van der Waals surface area contributed by atoms with E-state index >= 15 is 0 Å². The summed E-state index contributed by atoms with van der Waals surface area (Å²) in [6.07, 6.45) is 5.03. The number of hydrogen-bond acceptors (Lipinski definition) is 4. The maximum absolute atomic E-state index is 6.01. The number of benzene rings is 1. The van der Waals surface area contributed by atoms with Crippen molar-refractivity contribution in [3.8, 4) is 11.3 Å². The molecule has 2 saturated heterocycles. The molecule has 5 heteroatoms. The number of aryl methyl sites for hydroxylation is 1. The van der Waals surface area contributed by atoms with E-state index in [4.69, 9.17) is 9.47 Å². The van der Waals surface area contributed by atoms with Crippen molar-refractivity contribution in [3.05, 3.63) is 41.6 Å². The molecule has 5 nitrogen and oxygen atoms in total. The van der Waals surface area contributed by atoms with Crippen LogP contribution in [0, 0.1) is 6.92 Å². The van der Waals surface area contributed by atoms with Crippen LogP contribution in [0.1, 0.15) is 30.4 Å². The monoisotopic (exact) mass is 327 g/mol. The number of hydrogen-bond donors (Lipinski definition) is 2. The highest BCUT2D eigenvalue weighted by atomic mass is 16.6. The van der Waals surface area contributed by atoms with E-state index in [1.54, 1.807) is 0 Å². The zero-order valence-corrected chi connectivity index (χ0v) is 14.2. The summed E-state index contributed by atoms with van der Waals surface area (Å²) in [5, 5.41) is 11.1. The quantitative estimate of drug-likeness (QED) is 0.906. The van der Waals surface area contributed by atoms with Gasteiger partial charge in [-0.2, -0.15) is 5.10 Å². The molecular formula is C19H25N3O2. The summed E-state index contributed by atoms with van der Waals surface area (Å²) in [6.45, 7) is 5.31. The third-order valence-corrected chi connectivity index (χ3v) is 5.20. The van der Waals surface area contributed by atoms with Crippen LogP contribution in [-0.2, 0) is 16.0 Å². The minimum atomic E-state index is -0.0495. The predicted octanol–water partition coefficient (Wildman–Crippen LogP) is 2.81. The summed E-state index contributed by atoms with van der Waals surface area (Å²) >= 11 is 0. The van der Waals surface area contributed by atoms with Crippen LogP contribution in [0.4, 0.5) is 0 Å². The minimum Gasteiger partial charge on any atom is -0.378 e. The van der Waals surface area contributed by atoms with Crippen LogP contribution in [-0.4, -0.2) is 41.7 Å². The molecule has 2 aliphatic rings. The van der Waals surface area contributed by atoms with Crippen LogP contribution in [0.15, 0.2) is 30.5 Å². The first-order valence-electron chi connectivity index (χ1n) is 8.78. The number of aromatic amines is 1. The van der Waals surface area contributed by atoms with Gasteiger partial charge in [-0.05, 0) is 25.3 Å². The zero-order chi connectivity index (χ0) is 16.4. The van der Waals surface area contributed by atoms with E-state index in [1.807, 2.05) is 6.20 Å². The van der Waals surface area contributed by atoms with Crippen molar-refractivity contribution in [2.45, 2.75) is 44.4 Å². The van der Waals surface area contributed by atoms with Crippen LogP contribution in [0.5, 0.6) is 0 Å². The highest BCUT2D eigenvalue weighted by Gasteiger charge is 2.40. The Labute approximate surface area is 142 Å². The molecule has 0 aliphatic carbocycles. The van der Waals surface area contributed by atoms with Crippen LogP contribution in [0.2, 0.25) is 0 Å². The molecule has 24 heavy (non-hydrogen) atoms. The fraction of sp³-hybridized carbons (Fsp3) is 0.526. The van der Waals surface area contributed by atoms with E-state index < -0.39 is 0 Å². The standard InChI is InChI=1S/C19H25N3O2/c1-14-2-4-15(5-3-14)18-16(12-21-22-18)11-20-17-6-8-24-19(10-17)7-9-23-13-19/h2-5,12,17,20H,6-11,13H2,1H3,(H,21,22)/t17-,19+/m0/s1. The first-order valence-corrected chi connectivity index (χ1v) is 8.78. The maximum atomic E-state index is 6.01. The van der Waals surface area contributed by atoms with Crippen molar-refractivity contribution in [2.75, 3.05) is 19.8 Å². The van der Waals surface area contributed by atoms with Gasteiger partial charge in [0, 0.05) is 37.8 Å². The molecule has 0 radical (unpaired) electrons. The SMILES string of the molecule is Cc1ccc(-c2[nH]ncc2CN[C@H]2CCO[C@]3(CCOC3)C2)cc1. The van der Waals surface area contributed by atoms with Crippen LogP contribution >= 0.6 is 0 Å². The van der Waals surface area contributed by atoms with Gasteiger partial charge in [0.1, 0.15) is 0 Å². The summed E-state index contributed by atoms with van der Waals surface area (Å²) < 4.78 is 11.6. The molecule has 0 bridgehead atoms. The highest BCUT2D eigenvalue weighted by Crippen LogP contribution is 2.33. The van der Waals surface area contributed by atoms with Crippen LogP contribution in [0.3, 0.4) is 0 Å². The van der Waals surface area contributed by atoms with Crippen LogP contribution in [0.25, 0.3) is 11.3 Å². The van der Waals surface area contributed by atoms with Gasteiger partial charge >= 0.3 is 0 Å². The predicted molar refractivity (Wildman–Crippen MR) is 92.7 cm³/mol. The van der Waals surface area contributed by atoms with Crippen molar-refractivity contribution in [2.24, 2.45) is 0 Å². The van der Waals surface area contributed by atoms with Gasteiger partial charge < -0.3 is 14.8 Å². The molecule has 2 N–H and O–H groups in total. The summed E-state index contributed by atoms with van der Waals surface area (Å²) in [5.74, 6) is 0. The Hall–Kier alpha value is -1.69. The minimum absolute atomic E-state index is 0.0495. The third-order valence-electron chi connectivity index (χ3n) is 5.20. The molecule has 1 aromatic carbocycles. The molecule has 1 spiro atoms. The van der Waals surface area contributed by atoms with Gasteiger partial charge in [-0.1, -0.05) is 29.8 Å². The van der Waals surface area contributed by atoms with E-state index in [9.17, 15) is 0 Å². The fourth-order valence-electron chi connectivity index (χ4n) is 3.73. The highest BCUT2D eigenvalue weighted by molar-refractivity contribution is 5.62. The van der Waals surface area contributed by atoms with Crippen molar-refractivity contribution >= 4 is 0 Å². The second-order valence-electron chi connectivity index (χ2n) is 7.04. The fourth-order valence-corrected chi connectivity index (χ4v) is 3.73. The van der Waals surface area contributed by atoms with Gasteiger partial charge in [0.05, 0.1) is 24.1 Å². The lowest BCUT2D eigenvalue weighted by Crippen LogP contribution is -2.47. The van der Waals surface area contributed by atoms with Gasteiger partial charge in [-0.3, -0.25) is 5.10 Å². The van der Waals surface area contributed by atoms with Crippen molar-refractivity contribution in [1.82, 2.24) is 15.5 Å². The molecule has 0 amide bonds. The Bertz CT molecular complexity index is 674.